The van der Waals surface area contributed by atoms with Crippen LogP contribution in [-0.4, -0.2) is 49.1 Å². The van der Waals surface area contributed by atoms with Crippen LogP contribution in [0.25, 0.3) is 44.7 Å². The summed E-state index contributed by atoms with van der Waals surface area (Å²) >= 11 is 0. The summed E-state index contributed by atoms with van der Waals surface area (Å²) in [5.74, 6) is 1.14. The minimum absolute atomic E-state index is 0.0388. The molecule has 0 atom stereocenters. The zero-order chi connectivity index (χ0) is 22.9. The van der Waals surface area contributed by atoms with E-state index in [2.05, 4.69) is 46.8 Å². The molecule has 0 bridgehead atoms. The van der Waals surface area contributed by atoms with Gasteiger partial charge in [-0.2, -0.15) is 5.10 Å². The van der Waals surface area contributed by atoms with Crippen LogP contribution in [-0.2, 0) is 4.79 Å². The largest absolute Gasteiger partial charge is 0.325 e. The summed E-state index contributed by atoms with van der Waals surface area (Å²) in [6, 6.07) is 11.8. The molecule has 4 aromatic heterocycles. The number of piperidine rings is 1. The number of amides is 1. The van der Waals surface area contributed by atoms with E-state index in [4.69, 9.17) is 0 Å². The predicted octanol–water partition coefficient (Wildman–Crippen LogP) is 3.89. The molecule has 0 radical (unpaired) electrons. The lowest BCUT2D eigenvalue weighted by Gasteiger charge is -2.21. The first-order valence-electron chi connectivity index (χ1n) is 11.5. The lowest BCUT2D eigenvalue weighted by Crippen LogP contribution is -2.30. The Kier molecular flexibility index (Phi) is 5.23. The molecular weight excluding hydrogens is 428 g/mol. The normalized spacial score (nSPS) is 14.6. The molecule has 1 aromatic carbocycles. The number of benzene rings is 1. The molecule has 1 fully saturated rings. The summed E-state index contributed by atoms with van der Waals surface area (Å²) in [7, 11) is 0. The quantitative estimate of drug-likeness (QED) is 0.321. The van der Waals surface area contributed by atoms with Crippen LogP contribution in [0.5, 0.6) is 0 Å². The van der Waals surface area contributed by atoms with Crippen LogP contribution in [0.4, 0.5) is 5.69 Å². The molecule has 1 aliphatic heterocycles. The van der Waals surface area contributed by atoms with Crippen LogP contribution < -0.4 is 10.6 Å². The third kappa shape index (κ3) is 4.01. The summed E-state index contributed by atoms with van der Waals surface area (Å²) in [6.07, 6.45) is 7.85. The molecule has 9 nitrogen and oxygen atoms in total. The summed E-state index contributed by atoms with van der Waals surface area (Å²) < 4.78 is 0. The maximum atomic E-state index is 12.6. The second kappa shape index (κ2) is 8.68. The molecule has 0 saturated carbocycles. The first-order chi connectivity index (χ1) is 16.7. The van der Waals surface area contributed by atoms with Gasteiger partial charge in [-0.05, 0) is 67.7 Å². The van der Waals surface area contributed by atoms with Gasteiger partial charge in [0, 0.05) is 29.8 Å². The summed E-state index contributed by atoms with van der Waals surface area (Å²) in [4.78, 5) is 29.1. The Labute approximate surface area is 195 Å². The van der Waals surface area contributed by atoms with Crippen molar-refractivity contribution in [1.29, 1.82) is 0 Å². The maximum absolute atomic E-state index is 12.6. The molecule has 0 spiro atoms. The number of hydrogen-bond donors (Lipinski definition) is 4. The number of aromatic amines is 2. The smallest absolute Gasteiger partial charge is 0.224 e. The molecule has 1 saturated heterocycles. The van der Waals surface area contributed by atoms with Crippen LogP contribution in [0.15, 0.2) is 55.0 Å². The molecule has 34 heavy (non-hydrogen) atoms. The minimum Gasteiger partial charge on any atom is -0.325 e. The van der Waals surface area contributed by atoms with Gasteiger partial charge < -0.3 is 15.6 Å². The highest BCUT2D eigenvalue weighted by atomic mass is 16.1. The Bertz CT molecular complexity index is 1450. The molecule has 4 N–H and O–H groups in total. The van der Waals surface area contributed by atoms with E-state index >= 15 is 0 Å². The van der Waals surface area contributed by atoms with Gasteiger partial charge in [0.25, 0.3) is 0 Å². The Morgan fingerprint density at radius 2 is 2.00 bits per heavy atom. The molecular formula is C25H24N8O. The monoisotopic (exact) mass is 452 g/mol. The van der Waals surface area contributed by atoms with Crippen molar-refractivity contribution in [3.05, 3.63) is 55.0 Å². The number of aromatic nitrogens is 6. The number of nitrogens with zero attached hydrogens (tertiary/aromatic N) is 4. The van der Waals surface area contributed by atoms with Crippen molar-refractivity contribution in [2.75, 3.05) is 18.4 Å². The number of pyridine rings is 2. The first-order valence-corrected chi connectivity index (χ1v) is 11.5. The number of hydrogen-bond acceptors (Lipinski definition) is 6. The lowest BCUT2D eigenvalue weighted by atomic mass is 9.94. The second-order valence-electron chi connectivity index (χ2n) is 8.70. The fourth-order valence-corrected chi connectivity index (χ4v) is 4.56. The number of rotatable bonds is 5. The molecule has 0 unspecified atom stereocenters. The van der Waals surface area contributed by atoms with Crippen molar-refractivity contribution in [1.82, 2.24) is 35.5 Å². The number of nitrogens with one attached hydrogen (secondary N) is 4. The first kappa shape index (κ1) is 20.5. The van der Waals surface area contributed by atoms with Crippen molar-refractivity contribution in [2.24, 2.45) is 5.92 Å². The standard InChI is InChI=1S/C25H24N8O/c34-22(10-15-5-8-26-9-6-15)29-18-11-17(13-27-14-18)16-3-4-20-19(12-16)23(33-32-20)25-30-21-2-1-7-28-24(21)31-25/h1-4,7,11-15,26H,5-6,8-10H2,(H,29,34)(H,32,33)(H,28,30,31). The lowest BCUT2D eigenvalue weighted by molar-refractivity contribution is -0.117. The van der Waals surface area contributed by atoms with E-state index in [1.807, 2.05) is 30.3 Å². The molecule has 9 heteroatoms. The average Bonchev–Trinajstić information content (AvgIpc) is 3.48. The van der Waals surface area contributed by atoms with Gasteiger partial charge in [-0.3, -0.25) is 14.9 Å². The molecule has 170 valence electrons. The summed E-state index contributed by atoms with van der Waals surface area (Å²) in [5, 5.41) is 14.9. The fourth-order valence-electron chi connectivity index (χ4n) is 4.56. The third-order valence-corrected chi connectivity index (χ3v) is 6.33. The minimum atomic E-state index is 0.0388. The predicted molar refractivity (Wildman–Crippen MR) is 131 cm³/mol. The van der Waals surface area contributed by atoms with Gasteiger partial charge in [0.15, 0.2) is 11.5 Å². The van der Waals surface area contributed by atoms with Gasteiger partial charge in [0.05, 0.1) is 17.4 Å². The third-order valence-electron chi connectivity index (χ3n) is 6.33. The Morgan fingerprint density at radius 3 is 2.88 bits per heavy atom. The van der Waals surface area contributed by atoms with Gasteiger partial charge in [0.2, 0.25) is 5.91 Å². The molecule has 5 heterocycles. The van der Waals surface area contributed by atoms with Crippen LogP contribution in [0, 0.1) is 5.92 Å². The van der Waals surface area contributed by atoms with E-state index in [9.17, 15) is 4.79 Å². The molecule has 1 aliphatic rings. The average molecular weight is 453 g/mol. The van der Waals surface area contributed by atoms with Crippen LogP contribution in [0.2, 0.25) is 0 Å². The Hall–Kier alpha value is -4.11. The van der Waals surface area contributed by atoms with E-state index in [1.54, 1.807) is 18.6 Å². The topological polar surface area (TPSA) is 124 Å². The fraction of sp³-hybridized carbons (Fsp3) is 0.240. The maximum Gasteiger partial charge on any atom is 0.224 e. The molecule has 0 aliphatic carbocycles. The van der Waals surface area contributed by atoms with Crippen LogP contribution in [0.1, 0.15) is 19.3 Å². The van der Waals surface area contributed by atoms with E-state index in [-0.39, 0.29) is 5.91 Å². The van der Waals surface area contributed by atoms with E-state index in [0.717, 1.165) is 64.8 Å². The number of carbonyl (C=O) groups is 1. The number of anilines is 1. The summed E-state index contributed by atoms with van der Waals surface area (Å²) in [6.45, 7) is 1.97. The number of fused-ring (bicyclic) bond motifs is 2. The van der Waals surface area contributed by atoms with Gasteiger partial charge in [-0.15, -0.1) is 0 Å². The van der Waals surface area contributed by atoms with Crippen molar-refractivity contribution in [3.63, 3.8) is 0 Å². The van der Waals surface area contributed by atoms with Crippen molar-refractivity contribution in [2.45, 2.75) is 19.3 Å². The van der Waals surface area contributed by atoms with Crippen LogP contribution >= 0.6 is 0 Å². The van der Waals surface area contributed by atoms with Crippen molar-refractivity contribution in [3.8, 4) is 22.6 Å². The Balaban J connectivity index is 1.27. The van der Waals surface area contributed by atoms with Gasteiger partial charge >= 0.3 is 0 Å². The van der Waals surface area contributed by atoms with E-state index < -0.39 is 0 Å². The zero-order valence-electron chi connectivity index (χ0n) is 18.5. The molecule has 5 aromatic rings. The van der Waals surface area contributed by atoms with Gasteiger partial charge in [0.1, 0.15) is 11.2 Å². The van der Waals surface area contributed by atoms with Crippen molar-refractivity contribution >= 4 is 33.7 Å². The number of carbonyl (C=O) groups excluding carboxylic acids is 1. The number of H-pyrrole nitrogens is 2. The highest BCUT2D eigenvalue weighted by molar-refractivity contribution is 5.96. The zero-order valence-corrected chi connectivity index (χ0v) is 18.5. The number of imidazole rings is 1. The SMILES string of the molecule is O=C(CC1CCNCC1)Nc1cncc(-c2ccc3[nH]nc(-c4nc5cccnc5[nH]4)c3c2)c1. The highest BCUT2D eigenvalue weighted by Crippen LogP contribution is 2.30. The summed E-state index contributed by atoms with van der Waals surface area (Å²) in [5.41, 5.74) is 5.75. The Morgan fingerprint density at radius 1 is 1.09 bits per heavy atom. The van der Waals surface area contributed by atoms with Gasteiger partial charge in [-0.25, -0.2) is 9.97 Å². The highest BCUT2D eigenvalue weighted by Gasteiger charge is 2.17. The van der Waals surface area contributed by atoms with E-state index in [1.165, 1.54) is 0 Å². The second-order valence-corrected chi connectivity index (χ2v) is 8.70. The van der Waals surface area contributed by atoms with Gasteiger partial charge in [-0.1, -0.05) is 6.07 Å². The molecule has 1 amide bonds. The van der Waals surface area contributed by atoms with Crippen molar-refractivity contribution < 1.29 is 4.79 Å². The molecule has 6 rings (SSSR count). The van der Waals surface area contributed by atoms with Crippen LogP contribution in [0.3, 0.4) is 0 Å². The van der Waals surface area contributed by atoms with E-state index in [0.29, 0.717) is 23.9 Å².